The third-order valence-electron chi connectivity index (χ3n) is 5.01. The van der Waals surface area contributed by atoms with Gasteiger partial charge in [0.15, 0.2) is 6.20 Å². The Balaban J connectivity index is 0.00000196. The highest BCUT2D eigenvalue weighted by molar-refractivity contribution is 8.03. The van der Waals surface area contributed by atoms with E-state index in [4.69, 9.17) is 0 Å². The summed E-state index contributed by atoms with van der Waals surface area (Å²) in [5.41, 5.74) is 6.59. The SMILES string of the molecule is CCN1/C(=C/c2cc[n+](C)c3ccccc23)Sc2cc(C)c(C)cc21.[I-]. The van der Waals surface area contributed by atoms with Crippen LogP contribution in [-0.4, -0.2) is 6.54 Å². The van der Waals surface area contributed by atoms with Crippen molar-refractivity contribution in [2.45, 2.75) is 25.7 Å². The third kappa shape index (κ3) is 3.25. The van der Waals surface area contributed by atoms with Gasteiger partial charge in [-0.25, -0.2) is 4.57 Å². The van der Waals surface area contributed by atoms with E-state index in [1.807, 2.05) is 11.8 Å². The molecule has 0 N–H and O–H groups in total. The van der Waals surface area contributed by atoms with Crippen LogP contribution in [0.2, 0.25) is 0 Å². The molecule has 0 amide bonds. The molecule has 0 radical (unpaired) electrons. The normalized spacial score (nSPS) is 14.6. The number of aromatic nitrogens is 1. The van der Waals surface area contributed by atoms with Crippen molar-refractivity contribution in [1.82, 2.24) is 0 Å². The zero-order valence-corrected chi connectivity index (χ0v) is 18.6. The zero-order chi connectivity index (χ0) is 17.6. The molecule has 0 atom stereocenters. The first kappa shape index (κ1) is 19.2. The molecule has 3 aromatic rings. The Hall–Kier alpha value is -1.53. The molecular weight excluding hydrogens is 451 g/mol. The number of anilines is 1. The summed E-state index contributed by atoms with van der Waals surface area (Å²) in [6.45, 7) is 7.59. The maximum atomic E-state index is 2.42. The highest BCUT2D eigenvalue weighted by atomic mass is 127. The number of fused-ring (bicyclic) bond motifs is 2. The van der Waals surface area contributed by atoms with E-state index in [0.717, 1.165) is 6.54 Å². The van der Waals surface area contributed by atoms with E-state index in [2.05, 4.69) is 92.0 Å². The Bertz CT molecular complexity index is 1010. The lowest BCUT2D eigenvalue weighted by Crippen LogP contribution is -3.00. The van der Waals surface area contributed by atoms with Gasteiger partial charge in [-0.15, -0.1) is 0 Å². The van der Waals surface area contributed by atoms with Crippen LogP contribution in [0.3, 0.4) is 0 Å². The van der Waals surface area contributed by atoms with Gasteiger partial charge in [0.25, 0.3) is 0 Å². The molecule has 0 bridgehead atoms. The second-order valence-corrected chi connectivity index (χ2v) is 7.69. The van der Waals surface area contributed by atoms with E-state index in [-0.39, 0.29) is 24.0 Å². The molecule has 0 spiro atoms. The summed E-state index contributed by atoms with van der Waals surface area (Å²) in [5, 5.41) is 2.60. The summed E-state index contributed by atoms with van der Waals surface area (Å²) < 4.78 is 2.18. The third-order valence-corrected chi connectivity index (χ3v) is 6.11. The van der Waals surface area contributed by atoms with Gasteiger partial charge >= 0.3 is 0 Å². The molecule has 2 nitrogen and oxygen atoms in total. The van der Waals surface area contributed by atoms with E-state index in [9.17, 15) is 0 Å². The zero-order valence-electron chi connectivity index (χ0n) is 15.6. The van der Waals surface area contributed by atoms with Gasteiger partial charge in [-0.3, -0.25) is 0 Å². The fourth-order valence-corrected chi connectivity index (χ4v) is 4.69. The van der Waals surface area contributed by atoms with Crippen LogP contribution in [0.15, 0.2) is 58.6 Å². The molecule has 0 unspecified atom stereocenters. The molecule has 26 heavy (non-hydrogen) atoms. The first-order valence-corrected chi connectivity index (χ1v) is 9.56. The van der Waals surface area contributed by atoms with Gasteiger partial charge in [-0.05, 0) is 61.7 Å². The summed E-state index contributed by atoms with van der Waals surface area (Å²) in [6, 6.07) is 15.5. The van der Waals surface area contributed by atoms with Crippen molar-refractivity contribution in [3.05, 3.63) is 70.4 Å². The van der Waals surface area contributed by atoms with Crippen LogP contribution >= 0.6 is 11.8 Å². The van der Waals surface area contributed by atoms with Gasteiger partial charge in [-0.2, -0.15) is 0 Å². The van der Waals surface area contributed by atoms with Crippen molar-refractivity contribution in [1.29, 1.82) is 0 Å². The average molecular weight is 474 g/mol. The molecule has 1 aliphatic heterocycles. The molecule has 4 heteroatoms. The molecule has 0 aliphatic carbocycles. The number of pyridine rings is 1. The van der Waals surface area contributed by atoms with Crippen molar-refractivity contribution in [3.8, 4) is 0 Å². The van der Waals surface area contributed by atoms with Gasteiger partial charge in [-0.1, -0.05) is 23.9 Å². The van der Waals surface area contributed by atoms with Crippen LogP contribution in [0.1, 0.15) is 23.6 Å². The quantitative estimate of drug-likeness (QED) is 0.416. The van der Waals surface area contributed by atoms with Crippen LogP contribution in [0.4, 0.5) is 5.69 Å². The number of hydrogen-bond acceptors (Lipinski definition) is 2. The number of thioether (sulfide) groups is 1. The minimum absolute atomic E-state index is 0. The van der Waals surface area contributed by atoms with Crippen molar-refractivity contribution in [2.24, 2.45) is 7.05 Å². The van der Waals surface area contributed by atoms with Gasteiger partial charge < -0.3 is 28.9 Å². The van der Waals surface area contributed by atoms with Crippen molar-refractivity contribution in [2.75, 3.05) is 11.4 Å². The minimum atomic E-state index is 0. The maximum Gasteiger partial charge on any atom is 0.212 e. The van der Waals surface area contributed by atoms with Crippen LogP contribution in [0, 0.1) is 13.8 Å². The number of halogens is 1. The fraction of sp³-hybridized carbons (Fsp3) is 0.227. The molecule has 2 aromatic carbocycles. The maximum absolute atomic E-state index is 2.42. The van der Waals surface area contributed by atoms with Crippen LogP contribution in [-0.2, 0) is 7.05 Å². The van der Waals surface area contributed by atoms with Gasteiger partial charge in [0.1, 0.15) is 7.05 Å². The fourth-order valence-electron chi connectivity index (χ4n) is 3.43. The molecular formula is C22H23IN2S. The second-order valence-electron chi connectivity index (χ2n) is 6.63. The van der Waals surface area contributed by atoms with E-state index < -0.39 is 0 Å². The number of para-hydroxylation sites is 1. The summed E-state index contributed by atoms with van der Waals surface area (Å²) in [6.07, 6.45) is 4.48. The summed E-state index contributed by atoms with van der Waals surface area (Å²) in [5.74, 6) is 0. The van der Waals surface area contributed by atoms with Crippen LogP contribution < -0.4 is 33.4 Å². The molecule has 0 fully saturated rings. The number of nitrogens with zero attached hydrogens (tertiary/aromatic N) is 2. The lowest BCUT2D eigenvalue weighted by molar-refractivity contribution is -0.644. The number of hydrogen-bond donors (Lipinski definition) is 0. The second kappa shape index (κ2) is 7.61. The molecule has 0 saturated carbocycles. The van der Waals surface area contributed by atoms with Crippen molar-refractivity contribution in [3.63, 3.8) is 0 Å². The summed E-state index contributed by atoms with van der Waals surface area (Å²) >= 11 is 1.88. The molecule has 1 aromatic heterocycles. The molecule has 134 valence electrons. The van der Waals surface area contributed by atoms with Gasteiger partial charge in [0.2, 0.25) is 5.52 Å². The van der Waals surface area contributed by atoms with E-state index >= 15 is 0 Å². The smallest absolute Gasteiger partial charge is 0.212 e. The predicted molar refractivity (Wildman–Crippen MR) is 108 cm³/mol. The largest absolute Gasteiger partial charge is 1.00 e. The van der Waals surface area contributed by atoms with Crippen molar-refractivity contribution >= 4 is 34.4 Å². The number of rotatable bonds is 2. The molecule has 4 rings (SSSR count). The monoisotopic (exact) mass is 474 g/mol. The van der Waals surface area contributed by atoms with Crippen molar-refractivity contribution < 1.29 is 28.5 Å². The lowest BCUT2D eigenvalue weighted by Gasteiger charge is -2.19. The van der Waals surface area contributed by atoms with Gasteiger partial charge in [0, 0.05) is 23.6 Å². The minimum Gasteiger partial charge on any atom is -1.00 e. The summed E-state index contributed by atoms with van der Waals surface area (Å²) in [7, 11) is 2.10. The Morgan fingerprint density at radius 2 is 1.81 bits per heavy atom. The topological polar surface area (TPSA) is 7.12 Å². The Kier molecular flexibility index (Phi) is 5.63. The highest BCUT2D eigenvalue weighted by Gasteiger charge is 2.25. The Morgan fingerprint density at radius 1 is 1.08 bits per heavy atom. The van der Waals surface area contributed by atoms with E-state index in [0.29, 0.717) is 0 Å². The first-order valence-electron chi connectivity index (χ1n) is 8.74. The first-order chi connectivity index (χ1) is 12.1. The van der Waals surface area contributed by atoms with E-state index in [1.165, 1.54) is 43.2 Å². The highest BCUT2D eigenvalue weighted by Crippen LogP contribution is 2.47. The number of aryl methyl sites for hydroxylation is 3. The molecule has 1 aliphatic rings. The Labute approximate surface area is 176 Å². The van der Waals surface area contributed by atoms with Crippen LogP contribution in [0.5, 0.6) is 0 Å². The van der Waals surface area contributed by atoms with Crippen LogP contribution in [0.25, 0.3) is 17.0 Å². The standard InChI is InChI=1S/C22H23N2S.HI/c1-5-24-20-12-15(2)16(3)13-21(20)25-22(24)14-17-10-11-23(4)19-9-7-6-8-18(17)19;/h6-14H,5H2,1-4H3;1H/q+1;/p-1. The van der Waals surface area contributed by atoms with Gasteiger partial charge in [0.05, 0.1) is 16.1 Å². The molecule has 0 saturated heterocycles. The van der Waals surface area contributed by atoms with E-state index in [1.54, 1.807) is 0 Å². The molecule has 2 heterocycles. The average Bonchev–Trinajstić information content (AvgIpc) is 2.94. The summed E-state index contributed by atoms with van der Waals surface area (Å²) in [4.78, 5) is 3.79. The lowest BCUT2D eigenvalue weighted by atomic mass is 10.1. The predicted octanol–water partition coefficient (Wildman–Crippen LogP) is 2.22. The Morgan fingerprint density at radius 3 is 2.58 bits per heavy atom. The number of benzene rings is 2.